The van der Waals surface area contributed by atoms with Crippen molar-refractivity contribution >= 4 is 27.8 Å². The lowest BCUT2D eigenvalue weighted by Gasteiger charge is -2.24. The van der Waals surface area contributed by atoms with Crippen molar-refractivity contribution in [2.24, 2.45) is 5.73 Å². The van der Waals surface area contributed by atoms with Gasteiger partial charge in [-0.05, 0) is 12.2 Å². The maximum atomic E-state index is 11.4. The summed E-state index contributed by atoms with van der Waals surface area (Å²) in [6, 6.07) is -1.84. The molecule has 1 atom stereocenters. The van der Waals surface area contributed by atoms with Crippen molar-refractivity contribution < 1.29 is 27.4 Å². The molecule has 9 heteroatoms. The third-order valence-electron chi connectivity index (χ3n) is 1.83. The second kappa shape index (κ2) is 6.07. The van der Waals surface area contributed by atoms with Gasteiger partial charge in [0, 0.05) is 0 Å². The van der Waals surface area contributed by atoms with Crippen molar-refractivity contribution in [2.75, 3.05) is 5.75 Å². The summed E-state index contributed by atoms with van der Waals surface area (Å²) in [6.45, 7) is 6.19. The van der Waals surface area contributed by atoms with Crippen molar-refractivity contribution in [2.45, 2.75) is 6.04 Å². The quantitative estimate of drug-likeness (QED) is 0.445. The lowest BCUT2D eigenvalue weighted by Crippen LogP contribution is -2.53. The van der Waals surface area contributed by atoms with Crippen molar-refractivity contribution in [3.63, 3.8) is 0 Å². The number of amides is 3. The Morgan fingerprint density at radius 1 is 1.22 bits per heavy atom. The molecule has 0 saturated carbocycles. The van der Waals surface area contributed by atoms with Crippen molar-refractivity contribution in [1.29, 1.82) is 0 Å². The number of carbonyl (C=O) groups is 3. The standard InChI is InChI=1S/C9H12N2O6S/c1-3-7(12)11(8(13)4-2)6(9(10)14)5-18(15,16)17/h3-4,6H,1-2,5H2,(H2,10,14)(H,15,16,17)/t6-/m0/s1. The normalized spacial score (nSPS) is 12.3. The fourth-order valence-corrected chi connectivity index (χ4v) is 1.81. The van der Waals surface area contributed by atoms with Gasteiger partial charge in [0.1, 0.15) is 11.8 Å². The number of hydrogen-bond donors (Lipinski definition) is 2. The molecular formula is C9H12N2O6S. The minimum atomic E-state index is -4.61. The second-order valence-electron chi connectivity index (χ2n) is 3.12. The molecule has 0 aromatic carbocycles. The summed E-state index contributed by atoms with van der Waals surface area (Å²) in [5.74, 6) is -4.53. The third-order valence-corrected chi connectivity index (χ3v) is 2.57. The summed E-state index contributed by atoms with van der Waals surface area (Å²) >= 11 is 0. The van der Waals surface area contributed by atoms with Crippen LogP contribution in [0.3, 0.4) is 0 Å². The molecule has 0 rings (SSSR count). The number of imide groups is 1. The molecule has 100 valence electrons. The van der Waals surface area contributed by atoms with Crippen molar-refractivity contribution in [1.82, 2.24) is 4.90 Å². The second-order valence-corrected chi connectivity index (χ2v) is 4.62. The van der Waals surface area contributed by atoms with Crippen LogP contribution in [0.2, 0.25) is 0 Å². The van der Waals surface area contributed by atoms with E-state index in [-0.39, 0.29) is 4.90 Å². The van der Waals surface area contributed by atoms with Gasteiger partial charge in [0.25, 0.3) is 21.9 Å². The molecule has 0 bridgehead atoms. The maximum absolute atomic E-state index is 11.4. The van der Waals surface area contributed by atoms with Gasteiger partial charge < -0.3 is 5.73 Å². The predicted octanol–water partition coefficient (Wildman–Crippen LogP) is -1.54. The van der Waals surface area contributed by atoms with E-state index < -0.39 is 39.6 Å². The molecule has 18 heavy (non-hydrogen) atoms. The maximum Gasteiger partial charge on any atom is 0.267 e. The number of nitrogens with zero attached hydrogens (tertiary/aromatic N) is 1. The largest absolute Gasteiger partial charge is 0.368 e. The molecule has 0 aliphatic carbocycles. The number of hydrogen-bond acceptors (Lipinski definition) is 5. The van der Waals surface area contributed by atoms with Crippen LogP contribution in [0, 0.1) is 0 Å². The third kappa shape index (κ3) is 4.47. The summed E-state index contributed by atoms with van der Waals surface area (Å²) in [4.78, 5) is 34.1. The van der Waals surface area contributed by atoms with Crippen molar-refractivity contribution in [3.8, 4) is 0 Å². The number of rotatable bonds is 6. The zero-order valence-corrected chi connectivity index (χ0v) is 10.1. The molecule has 0 radical (unpaired) electrons. The van der Waals surface area contributed by atoms with Crippen LogP contribution < -0.4 is 5.73 Å². The van der Waals surface area contributed by atoms with Crippen LogP contribution in [-0.2, 0) is 24.5 Å². The predicted molar refractivity (Wildman–Crippen MR) is 61.6 cm³/mol. The molecule has 0 aliphatic rings. The minimum Gasteiger partial charge on any atom is -0.368 e. The number of primary amides is 1. The molecule has 0 aliphatic heterocycles. The Bertz CT molecular complexity index is 475. The summed E-state index contributed by atoms with van der Waals surface area (Å²) < 4.78 is 30.1. The van der Waals surface area contributed by atoms with E-state index in [0.29, 0.717) is 12.2 Å². The molecule has 0 heterocycles. The van der Waals surface area contributed by atoms with Gasteiger partial charge in [0.2, 0.25) is 5.91 Å². The number of nitrogens with two attached hydrogens (primary N) is 1. The SMILES string of the molecule is C=CC(=O)N(C(=O)C=C)[C@@H](CS(=O)(=O)O)C(N)=O. The molecule has 0 saturated heterocycles. The molecule has 0 fully saturated rings. The van der Waals surface area contributed by atoms with Gasteiger partial charge in [-0.2, -0.15) is 8.42 Å². The van der Waals surface area contributed by atoms with E-state index in [9.17, 15) is 22.8 Å². The first kappa shape index (κ1) is 16.0. The fraction of sp³-hybridized carbons (Fsp3) is 0.222. The first-order valence-electron chi connectivity index (χ1n) is 4.50. The van der Waals surface area contributed by atoms with E-state index in [2.05, 4.69) is 13.2 Å². The molecule has 8 nitrogen and oxygen atoms in total. The average Bonchev–Trinajstić information content (AvgIpc) is 2.25. The first-order valence-corrected chi connectivity index (χ1v) is 6.11. The Morgan fingerprint density at radius 2 is 1.61 bits per heavy atom. The summed E-state index contributed by atoms with van der Waals surface area (Å²) in [5.41, 5.74) is 4.90. The van der Waals surface area contributed by atoms with Gasteiger partial charge in [-0.3, -0.25) is 23.8 Å². The highest BCUT2D eigenvalue weighted by molar-refractivity contribution is 7.85. The summed E-state index contributed by atoms with van der Waals surface area (Å²) in [6.07, 6.45) is 1.39. The van der Waals surface area contributed by atoms with E-state index >= 15 is 0 Å². The van der Waals surface area contributed by atoms with Gasteiger partial charge in [0.15, 0.2) is 0 Å². The van der Waals surface area contributed by atoms with E-state index in [4.69, 9.17) is 10.3 Å². The van der Waals surface area contributed by atoms with Crippen LogP contribution in [0.4, 0.5) is 0 Å². The first-order chi connectivity index (χ1) is 8.14. The van der Waals surface area contributed by atoms with Gasteiger partial charge in [0.05, 0.1) is 0 Å². The molecular weight excluding hydrogens is 264 g/mol. The summed E-state index contributed by atoms with van der Waals surface area (Å²) in [5, 5.41) is 0. The van der Waals surface area contributed by atoms with E-state index in [0.717, 1.165) is 0 Å². The fourth-order valence-electron chi connectivity index (χ4n) is 1.10. The van der Waals surface area contributed by atoms with E-state index in [1.165, 1.54) is 0 Å². The zero-order valence-electron chi connectivity index (χ0n) is 9.27. The van der Waals surface area contributed by atoms with E-state index in [1.54, 1.807) is 0 Å². The topological polar surface area (TPSA) is 135 Å². The summed E-state index contributed by atoms with van der Waals surface area (Å²) in [7, 11) is -4.61. The molecule has 0 aromatic rings. The highest BCUT2D eigenvalue weighted by Gasteiger charge is 2.34. The average molecular weight is 276 g/mol. The van der Waals surface area contributed by atoms with Gasteiger partial charge in [-0.1, -0.05) is 13.2 Å². The van der Waals surface area contributed by atoms with Crippen LogP contribution in [0.1, 0.15) is 0 Å². The lowest BCUT2D eigenvalue weighted by molar-refractivity contribution is -0.145. The van der Waals surface area contributed by atoms with Crippen molar-refractivity contribution in [3.05, 3.63) is 25.3 Å². The van der Waals surface area contributed by atoms with Gasteiger partial charge >= 0.3 is 0 Å². The smallest absolute Gasteiger partial charge is 0.267 e. The molecule has 0 spiro atoms. The Labute approximate surface area is 103 Å². The Balaban J connectivity index is 5.56. The molecule has 3 N–H and O–H groups in total. The minimum absolute atomic E-state index is 0.260. The Kier molecular flexibility index (Phi) is 5.40. The molecule has 3 amide bonds. The Morgan fingerprint density at radius 3 is 1.83 bits per heavy atom. The number of carbonyl (C=O) groups excluding carboxylic acids is 3. The highest BCUT2D eigenvalue weighted by atomic mass is 32.2. The monoisotopic (exact) mass is 276 g/mol. The zero-order chi connectivity index (χ0) is 14.5. The van der Waals surface area contributed by atoms with Crippen LogP contribution >= 0.6 is 0 Å². The Hall–Kier alpha value is -2.00. The molecule has 0 aromatic heterocycles. The van der Waals surface area contributed by atoms with Gasteiger partial charge in [-0.15, -0.1) is 0 Å². The van der Waals surface area contributed by atoms with Crippen LogP contribution in [0.25, 0.3) is 0 Å². The van der Waals surface area contributed by atoms with E-state index in [1.807, 2.05) is 0 Å². The van der Waals surface area contributed by atoms with Crippen LogP contribution in [0.5, 0.6) is 0 Å². The van der Waals surface area contributed by atoms with Gasteiger partial charge in [-0.25, -0.2) is 0 Å². The van der Waals surface area contributed by atoms with Crippen LogP contribution in [-0.4, -0.2) is 47.4 Å². The lowest BCUT2D eigenvalue weighted by atomic mass is 10.2. The molecule has 0 unspecified atom stereocenters. The highest BCUT2D eigenvalue weighted by Crippen LogP contribution is 2.06. The van der Waals surface area contributed by atoms with Crippen LogP contribution in [0.15, 0.2) is 25.3 Å².